The highest BCUT2D eigenvalue weighted by Crippen LogP contribution is 2.39. The summed E-state index contributed by atoms with van der Waals surface area (Å²) in [6.45, 7) is 0. The Morgan fingerprint density at radius 1 is 1.33 bits per heavy atom. The highest BCUT2D eigenvalue weighted by Gasteiger charge is 2.37. The Labute approximate surface area is 99.4 Å². The van der Waals surface area contributed by atoms with E-state index in [1.54, 1.807) is 11.3 Å². The van der Waals surface area contributed by atoms with Gasteiger partial charge in [-0.1, -0.05) is 12.1 Å². The number of carbonyl (C=O) groups excluding carboxylic acids is 1. The summed E-state index contributed by atoms with van der Waals surface area (Å²) in [6, 6.07) is 3.98. The summed E-state index contributed by atoms with van der Waals surface area (Å²) in [7, 11) is 0. The van der Waals surface area contributed by atoms with Crippen LogP contribution in [0, 0.1) is 0 Å². The lowest BCUT2D eigenvalue weighted by atomic mass is 10.1. The molecule has 76 valence electrons. The van der Waals surface area contributed by atoms with Crippen molar-refractivity contribution in [2.45, 2.75) is 12.2 Å². The molecular formula is C11H7BrO2S. The van der Waals surface area contributed by atoms with Gasteiger partial charge in [0, 0.05) is 10.5 Å². The Morgan fingerprint density at radius 2 is 2.13 bits per heavy atom. The fraction of sp³-hybridized carbons (Fsp3) is 0.182. The average molecular weight is 283 g/mol. The maximum Gasteiger partial charge on any atom is 0.202 e. The lowest BCUT2D eigenvalue weighted by Crippen LogP contribution is -2.28. The molecule has 1 aromatic heterocycles. The Morgan fingerprint density at radius 3 is 2.87 bits per heavy atom. The molecule has 2 nitrogen and oxygen atoms in total. The number of Topliss-reactive ketones (excluding diaryl/α,β-unsaturated/α-hetero) is 1. The van der Waals surface area contributed by atoms with Crippen molar-refractivity contribution in [2.24, 2.45) is 0 Å². The van der Waals surface area contributed by atoms with Gasteiger partial charge in [0.1, 0.15) is 12.2 Å². The van der Waals surface area contributed by atoms with Crippen LogP contribution in [0.4, 0.5) is 0 Å². The number of thiophene rings is 1. The molecule has 2 aliphatic heterocycles. The van der Waals surface area contributed by atoms with Gasteiger partial charge in [0.2, 0.25) is 5.78 Å². The van der Waals surface area contributed by atoms with Gasteiger partial charge in [-0.25, -0.2) is 0 Å². The number of hydrogen-bond donors (Lipinski definition) is 0. The number of hydrogen-bond acceptors (Lipinski definition) is 3. The Bertz CT molecular complexity index is 473. The Hall–Kier alpha value is -0.710. The maximum absolute atomic E-state index is 11.8. The minimum atomic E-state index is -0.381. The summed E-state index contributed by atoms with van der Waals surface area (Å²) in [4.78, 5) is 12.9. The van der Waals surface area contributed by atoms with Gasteiger partial charge < -0.3 is 4.74 Å². The van der Waals surface area contributed by atoms with Gasteiger partial charge in [-0.3, -0.25) is 4.79 Å². The molecule has 0 saturated carbocycles. The molecule has 4 heteroatoms. The van der Waals surface area contributed by atoms with Gasteiger partial charge in [-0.15, -0.1) is 11.3 Å². The molecule has 3 rings (SSSR count). The molecule has 3 heterocycles. The predicted octanol–water partition coefficient (Wildman–Crippen LogP) is 2.76. The van der Waals surface area contributed by atoms with Gasteiger partial charge in [-0.05, 0) is 33.5 Å². The SMILES string of the molecule is O=C1C(Br)=C(c2cccs2)[C@@H]2C=C[C@H]1O2. The Balaban J connectivity index is 2.16. The van der Waals surface area contributed by atoms with Crippen molar-refractivity contribution in [2.75, 3.05) is 0 Å². The highest BCUT2D eigenvalue weighted by molar-refractivity contribution is 9.12. The first-order chi connectivity index (χ1) is 7.27. The molecular weight excluding hydrogens is 276 g/mol. The van der Waals surface area contributed by atoms with Crippen LogP contribution in [0.5, 0.6) is 0 Å². The van der Waals surface area contributed by atoms with E-state index < -0.39 is 0 Å². The molecule has 2 atom stereocenters. The topological polar surface area (TPSA) is 26.3 Å². The second-order valence-electron chi connectivity index (χ2n) is 3.43. The number of carbonyl (C=O) groups is 1. The number of fused-ring (bicyclic) bond motifs is 2. The lowest BCUT2D eigenvalue weighted by molar-refractivity contribution is -0.123. The summed E-state index contributed by atoms with van der Waals surface area (Å²) >= 11 is 5.00. The third-order valence-electron chi connectivity index (χ3n) is 2.54. The molecule has 15 heavy (non-hydrogen) atoms. The largest absolute Gasteiger partial charge is 0.354 e. The van der Waals surface area contributed by atoms with Gasteiger partial charge >= 0.3 is 0 Å². The van der Waals surface area contributed by atoms with Gasteiger partial charge in [-0.2, -0.15) is 0 Å². The van der Waals surface area contributed by atoms with Gasteiger partial charge in [0.05, 0.1) is 4.48 Å². The van der Waals surface area contributed by atoms with Gasteiger partial charge in [0.15, 0.2) is 0 Å². The second kappa shape index (κ2) is 3.40. The van der Waals surface area contributed by atoms with Crippen LogP contribution in [-0.4, -0.2) is 18.0 Å². The zero-order valence-electron chi connectivity index (χ0n) is 7.64. The number of ketones is 1. The molecule has 0 amide bonds. The molecule has 2 bridgehead atoms. The number of halogens is 1. The zero-order chi connectivity index (χ0) is 10.4. The molecule has 0 aliphatic carbocycles. The van der Waals surface area contributed by atoms with Crippen molar-refractivity contribution in [1.29, 1.82) is 0 Å². The van der Waals surface area contributed by atoms with Crippen LogP contribution < -0.4 is 0 Å². The van der Waals surface area contributed by atoms with Crippen LogP contribution in [0.15, 0.2) is 34.1 Å². The molecule has 0 radical (unpaired) electrons. The molecule has 0 saturated heterocycles. The van der Waals surface area contributed by atoms with E-state index in [4.69, 9.17) is 4.74 Å². The summed E-state index contributed by atoms with van der Waals surface area (Å²) in [6.07, 6.45) is 3.33. The predicted molar refractivity (Wildman–Crippen MR) is 63.0 cm³/mol. The fourth-order valence-corrected chi connectivity index (χ4v) is 3.43. The Kier molecular flexibility index (Phi) is 2.16. The van der Waals surface area contributed by atoms with E-state index in [1.807, 2.05) is 29.7 Å². The molecule has 0 aromatic carbocycles. The van der Waals surface area contributed by atoms with E-state index in [0.29, 0.717) is 4.48 Å². The fourth-order valence-electron chi connectivity index (χ4n) is 1.83. The van der Waals surface area contributed by atoms with E-state index in [9.17, 15) is 4.79 Å². The summed E-state index contributed by atoms with van der Waals surface area (Å²) in [5.74, 6) is 0.0170. The minimum Gasteiger partial charge on any atom is -0.354 e. The summed E-state index contributed by atoms with van der Waals surface area (Å²) in [5.41, 5.74) is 0.958. The summed E-state index contributed by atoms with van der Waals surface area (Å²) < 4.78 is 6.24. The van der Waals surface area contributed by atoms with E-state index in [-0.39, 0.29) is 18.0 Å². The van der Waals surface area contributed by atoms with Crippen molar-refractivity contribution in [3.63, 3.8) is 0 Å². The molecule has 0 fully saturated rings. The first-order valence-corrected chi connectivity index (χ1v) is 6.26. The smallest absolute Gasteiger partial charge is 0.202 e. The van der Waals surface area contributed by atoms with E-state index in [1.165, 1.54) is 0 Å². The highest BCUT2D eigenvalue weighted by atomic mass is 79.9. The van der Waals surface area contributed by atoms with Crippen molar-refractivity contribution in [3.8, 4) is 0 Å². The quantitative estimate of drug-likeness (QED) is 0.741. The van der Waals surface area contributed by atoms with E-state index in [0.717, 1.165) is 10.5 Å². The average Bonchev–Trinajstić information content (AvgIpc) is 2.85. The van der Waals surface area contributed by atoms with E-state index >= 15 is 0 Å². The minimum absolute atomic E-state index is 0.0170. The molecule has 2 aliphatic rings. The standard InChI is InChI=1S/C11H7BrO2S/c12-10-9(8-2-1-5-15-8)6-3-4-7(14-6)11(10)13/h1-7H/t6-,7+/m0/s1. The zero-order valence-corrected chi connectivity index (χ0v) is 10.0. The number of rotatable bonds is 1. The molecule has 0 spiro atoms. The third kappa shape index (κ3) is 1.36. The monoisotopic (exact) mass is 282 g/mol. The summed E-state index contributed by atoms with van der Waals surface area (Å²) in [5, 5.41) is 2.00. The molecule has 0 unspecified atom stereocenters. The van der Waals surface area contributed by atoms with Crippen molar-refractivity contribution < 1.29 is 9.53 Å². The van der Waals surface area contributed by atoms with Crippen molar-refractivity contribution in [1.82, 2.24) is 0 Å². The van der Waals surface area contributed by atoms with Gasteiger partial charge in [0.25, 0.3) is 0 Å². The second-order valence-corrected chi connectivity index (χ2v) is 5.17. The van der Waals surface area contributed by atoms with Crippen LogP contribution in [0.25, 0.3) is 5.57 Å². The van der Waals surface area contributed by atoms with Crippen LogP contribution in [0.2, 0.25) is 0 Å². The van der Waals surface area contributed by atoms with Crippen LogP contribution in [-0.2, 0) is 9.53 Å². The number of ether oxygens (including phenoxy) is 1. The molecule has 1 aromatic rings. The normalized spacial score (nSPS) is 29.0. The lowest BCUT2D eigenvalue weighted by Gasteiger charge is -2.22. The first-order valence-electron chi connectivity index (χ1n) is 4.59. The molecule has 0 N–H and O–H groups in total. The van der Waals surface area contributed by atoms with Crippen LogP contribution in [0.3, 0.4) is 0 Å². The van der Waals surface area contributed by atoms with E-state index in [2.05, 4.69) is 15.9 Å². The van der Waals surface area contributed by atoms with Crippen molar-refractivity contribution in [3.05, 3.63) is 39.0 Å². The third-order valence-corrected chi connectivity index (χ3v) is 4.26. The van der Waals surface area contributed by atoms with Crippen LogP contribution >= 0.6 is 27.3 Å². The first kappa shape index (κ1) is 9.51. The maximum atomic E-state index is 11.8. The van der Waals surface area contributed by atoms with Crippen molar-refractivity contribution >= 4 is 38.6 Å². The van der Waals surface area contributed by atoms with Crippen LogP contribution in [0.1, 0.15) is 4.88 Å².